The summed E-state index contributed by atoms with van der Waals surface area (Å²) in [5.74, 6) is 0.667. The molecular weight excluding hydrogens is 477 g/mol. The Kier molecular flexibility index (Phi) is 7.40. The number of anilines is 1. The number of halogens is 2. The molecule has 1 amide bonds. The zero-order valence-corrected chi connectivity index (χ0v) is 21.5. The van der Waals surface area contributed by atoms with Crippen molar-refractivity contribution < 1.29 is 4.79 Å². The number of benzene rings is 2. The molecule has 0 bridgehead atoms. The van der Waals surface area contributed by atoms with E-state index in [2.05, 4.69) is 5.32 Å². The van der Waals surface area contributed by atoms with Crippen LogP contribution in [0.5, 0.6) is 0 Å². The predicted molar refractivity (Wildman–Crippen MR) is 146 cm³/mol. The number of nitrogen functional groups attached to an aromatic ring is 1. The topological polar surface area (TPSA) is 60.1 Å². The summed E-state index contributed by atoms with van der Waals surface area (Å²) in [7, 11) is 0. The molecule has 0 radical (unpaired) electrons. The first-order valence-electron chi connectivity index (χ1n) is 12.9. The highest BCUT2D eigenvalue weighted by molar-refractivity contribution is 6.32. The van der Waals surface area contributed by atoms with E-state index >= 15 is 0 Å². The third kappa shape index (κ3) is 4.96. The highest BCUT2D eigenvalue weighted by Crippen LogP contribution is 2.46. The summed E-state index contributed by atoms with van der Waals surface area (Å²) in [5, 5.41) is 4.61. The van der Waals surface area contributed by atoms with Gasteiger partial charge in [0.05, 0.1) is 22.0 Å². The Bertz CT molecular complexity index is 1190. The highest BCUT2D eigenvalue weighted by Gasteiger charge is 2.34. The normalized spacial score (nSPS) is 17.4. The van der Waals surface area contributed by atoms with E-state index in [9.17, 15) is 4.79 Å². The van der Waals surface area contributed by atoms with Gasteiger partial charge in [0, 0.05) is 11.1 Å². The summed E-state index contributed by atoms with van der Waals surface area (Å²) < 4.78 is 1.99. The van der Waals surface area contributed by atoms with Gasteiger partial charge in [0.25, 0.3) is 5.91 Å². The fraction of sp³-hybridized carbons (Fsp3) is 0.414. The second-order valence-corrected chi connectivity index (χ2v) is 10.8. The zero-order valence-electron chi connectivity index (χ0n) is 20.0. The first kappa shape index (κ1) is 24.3. The summed E-state index contributed by atoms with van der Waals surface area (Å²) in [5.41, 5.74) is 11.3. The molecule has 3 aromatic rings. The number of carbonyl (C=O) groups is 1. The van der Waals surface area contributed by atoms with Crippen LogP contribution >= 0.6 is 23.2 Å². The smallest absolute Gasteiger partial charge is 0.255 e. The lowest BCUT2D eigenvalue weighted by atomic mass is 9.81. The van der Waals surface area contributed by atoms with Crippen LogP contribution in [0.4, 0.5) is 5.82 Å². The molecule has 6 heteroatoms. The predicted octanol–water partition coefficient (Wildman–Crippen LogP) is 8.14. The number of amides is 1. The molecule has 2 aliphatic rings. The fourth-order valence-corrected chi connectivity index (χ4v) is 6.26. The number of rotatable bonds is 5. The summed E-state index contributed by atoms with van der Waals surface area (Å²) in [6.45, 7) is 0. The standard InChI is InChI=1S/C29H33Cl2N3O/c30-21-17-15-20(16-18-21)27-25(19-9-3-1-4-10-19)26(29(35)33-22-11-5-2-6-12-22)28(32)34(27)24-14-8-7-13-23(24)31/h7-8,13-19,22H,1-6,9-12,32H2,(H,33,35). The van der Waals surface area contributed by atoms with E-state index in [4.69, 9.17) is 28.9 Å². The summed E-state index contributed by atoms with van der Waals surface area (Å²) in [6, 6.07) is 15.7. The molecule has 0 unspecified atom stereocenters. The maximum atomic E-state index is 13.9. The van der Waals surface area contributed by atoms with Crippen molar-refractivity contribution in [2.75, 3.05) is 5.73 Å². The Hall–Kier alpha value is -2.43. The van der Waals surface area contributed by atoms with Crippen molar-refractivity contribution in [2.24, 2.45) is 0 Å². The maximum absolute atomic E-state index is 13.9. The van der Waals surface area contributed by atoms with E-state index in [-0.39, 0.29) is 17.9 Å². The molecule has 0 saturated heterocycles. The third-order valence-corrected chi connectivity index (χ3v) is 8.21. The van der Waals surface area contributed by atoms with Gasteiger partial charge < -0.3 is 11.1 Å². The minimum Gasteiger partial charge on any atom is -0.384 e. The lowest BCUT2D eigenvalue weighted by molar-refractivity contribution is 0.0927. The van der Waals surface area contributed by atoms with E-state index in [1.165, 1.54) is 12.8 Å². The molecule has 1 heterocycles. The van der Waals surface area contributed by atoms with Crippen LogP contribution in [-0.2, 0) is 0 Å². The lowest BCUT2D eigenvalue weighted by Gasteiger charge is -2.26. The number of hydrogen-bond acceptors (Lipinski definition) is 2. The lowest BCUT2D eigenvalue weighted by Crippen LogP contribution is -2.37. The molecule has 0 aliphatic heterocycles. The van der Waals surface area contributed by atoms with Crippen LogP contribution in [-0.4, -0.2) is 16.5 Å². The molecule has 0 atom stereocenters. The van der Waals surface area contributed by atoms with Crippen LogP contribution in [0.1, 0.15) is 86.0 Å². The number of nitrogens with two attached hydrogens (primary N) is 1. The molecule has 2 saturated carbocycles. The molecule has 4 nitrogen and oxygen atoms in total. The highest BCUT2D eigenvalue weighted by atomic mass is 35.5. The van der Waals surface area contributed by atoms with Crippen LogP contribution in [0.15, 0.2) is 48.5 Å². The number of nitrogens with one attached hydrogen (secondary N) is 1. The first-order chi connectivity index (χ1) is 17.0. The van der Waals surface area contributed by atoms with Gasteiger partial charge in [-0.15, -0.1) is 0 Å². The van der Waals surface area contributed by atoms with Crippen LogP contribution in [0.2, 0.25) is 10.0 Å². The number of aromatic nitrogens is 1. The quantitative estimate of drug-likeness (QED) is 0.364. The molecule has 184 valence electrons. The Morgan fingerprint density at radius 1 is 0.857 bits per heavy atom. The summed E-state index contributed by atoms with van der Waals surface area (Å²) >= 11 is 12.9. The van der Waals surface area contributed by atoms with Gasteiger partial charge in [-0.25, -0.2) is 0 Å². The van der Waals surface area contributed by atoms with Crippen LogP contribution in [0, 0.1) is 0 Å². The van der Waals surface area contributed by atoms with Crippen molar-refractivity contribution in [2.45, 2.75) is 76.2 Å². The minimum atomic E-state index is -0.0593. The average molecular weight is 511 g/mol. The monoisotopic (exact) mass is 509 g/mol. The molecule has 5 rings (SSSR count). The van der Waals surface area contributed by atoms with Crippen molar-refractivity contribution in [3.8, 4) is 16.9 Å². The Morgan fingerprint density at radius 3 is 2.14 bits per heavy atom. The van der Waals surface area contributed by atoms with Crippen molar-refractivity contribution >= 4 is 34.9 Å². The summed E-state index contributed by atoms with van der Waals surface area (Å²) in [4.78, 5) is 13.9. The van der Waals surface area contributed by atoms with E-state index in [1.807, 2.05) is 53.1 Å². The number of para-hydroxylation sites is 1. The largest absolute Gasteiger partial charge is 0.384 e. The van der Waals surface area contributed by atoms with Gasteiger partial charge in [0.1, 0.15) is 5.82 Å². The Balaban J connectivity index is 1.73. The van der Waals surface area contributed by atoms with Crippen LogP contribution in [0.3, 0.4) is 0 Å². The number of hydrogen-bond donors (Lipinski definition) is 2. The van der Waals surface area contributed by atoms with E-state index in [0.717, 1.165) is 73.9 Å². The zero-order chi connectivity index (χ0) is 24.4. The van der Waals surface area contributed by atoms with Crippen molar-refractivity contribution in [3.05, 3.63) is 69.7 Å². The molecule has 2 aliphatic carbocycles. The Labute approximate surface area is 217 Å². The molecule has 35 heavy (non-hydrogen) atoms. The van der Waals surface area contributed by atoms with Crippen LogP contribution < -0.4 is 11.1 Å². The minimum absolute atomic E-state index is 0.0593. The van der Waals surface area contributed by atoms with Gasteiger partial charge in [-0.3, -0.25) is 9.36 Å². The molecule has 3 N–H and O–H groups in total. The van der Waals surface area contributed by atoms with Crippen molar-refractivity contribution in [1.29, 1.82) is 0 Å². The van der Waals surface area contributed by atoms with Gasteiger partial charge in [-0.1, -0.05) is 86.0 Å². The van der Waals surface area contributed by atoms with Crippen LogP contribution in [0.25, 0.3) is 16.9 Å². The first-order valence-corrected chi connectivity index (χ1v) is 13.7. The maximum Gasteiger partial charge on any atom is 0.255 e. The summed E-state index contributed by atoms with van der Waals surface area (Å²) in [6.07, 6.45) is 11.3. The molecular formula is C29H33Cl2N3O. The average Bonchev–Trinajstić information content (AvgIpc) is 3.18. The molecule has 0 spiro atoms. The van der Waals surface area contributed by atoms with Gasteiger partial charge in [0.15, 0.2) is 0 Å². The van der Waals surface area contributed by atoms with Gasteiger partial charge in [0.2, 0.25) is 0 Å². The second-order valence-electron chi connectivity index (χ2n) is 9.96. The molecule has 1 aromatic heterocycles. The van der Waals surface area contributed by atoms with Crippen molar-refractivity contribution in [3.63, 3.8) is 0 Å². The Morgan fingerprint density at radius 2 is 1.49 bits per heavy atom. The van der Waals surface area contributed by atoms with E-state index in [1.54, 1.807) is 0 Å². The van der Waals surface area contributed by atoms with E-state index in [0.29, 0.717) is 21.4 Å². The second kappa shape index (κ2) is 10.7. The molecule has 2 aromatic carbocycles. The van der Waals surface area contributed by atoms with Gasteiger partial charge in [-0.2, -0.15) is 0 Å². The third-order valence-electron chi connectivity index (χ3n) is 7.64. The van der Waals surface area contributed by atoms with Gasteiger partial charge in [-0.05, 0) is 67.0 Å². The SMILES string of the molecule is Nc1c(C(=O)NC2CCCCC2)c(C2CCCCC2)c(-c2ccc(Cl)cc2)n1-c1ccccc1Cl. The van der Waals surface area contributed by atoms with E-state index < -0.39 is 0 Å². The number of nitrogens with zero attached hydrogens (tertiary/aromatic N) is 1. The number of carbonyl (C=O) groups excluding carboxylic acids is 1. The molecule has 2 fully saturated rings. The fourth-order valence-electron chi connectivity index (χ4n) is 5.92. The van der Waals surface area contributed by atoms with Gasteiger partial charge >= 0.3 is 0 Å². The van der Waals surface area contributed by atoms with Crippen molar-refractivity contribution in [1.82, 2.24) is 9.88 Å².